The smallest absolute Gasteiger partial charge is 0.434 e. The molecule has 0 saturated heterocycles. The van der Waals surface area contributed by atoms with Gasteiger partial charge in [0.1, 0.15) is 5.75 Å². The number of fused-ring (bicyclic) bond motifs is 3. The predicted molar refractivity (Wildman–Crippen MR) is 59.3 cm³/mol. The number of methoxy groups -OCH3 is 1. The number of ether oxygens (including phenoxy) is 1. The Kier molecular flexibility index (Phi) is 2.15. The van der Waals surface area contributed by atoms with Crippen molar-refractivity contribution in [3.63, 3.8) is 0 Å². The van der Waals surface area contributed by atoms with E-state index in [0.29, 0.717) is 12.0 Å². The summed E-state index contributed by atoms with van der Waals surface area (Å²) < 4.78 is 10.0. The molecule has 0 amide bonds. The minimum Gasteiger partial charge on any atom is -0.669 e. The van der Waals surface area contributed by atoms with Gasteiger partial charge in [-0.25, -0.2) is 0 Å². The summed E-state index contributed by atoms with van der Waals surface area (Å²) in [7, 11) is 1.33. The van der Waals surface area contributed by atoms with Crippen LogP contribution in [0.3, 0.4) is 0 Å². The number of carbonyl (C=O) groups excluding carboxylic acids is 1. The largest absolute Gasteiger partial charge is 0.669 e. The Morgan fingerprint density at radius 2 is 2.28 bits per heavy atom. The van der Waals surface area contributed by atoms with Crippen LogP contribution in [-0.2, 0) is 0 Å². The summed E-state index contributed by atoms with van der Waals surface area (Å²) in [5, 5.41) is 30.6. The lowest BCUT2D eigenvalue weighted by Crippen LogP contribution is -2.46. The zero-order chi connectivity index (χ0) is 13.1. The van der Waals surface area contributed by atoms with Crippen LogP contribution in [0.1, 0.15) is 28.3 Å². The lowest BCUT2D eigenvalue weighted by Gasteiger charge is -2.37. The molecule has 18 heavy (non-hydrogen) atoms. The van der Waals surface area contributed by atoms with Crippen molar-refractivity contribution in [3.05, 3.63) is 23.3 Å². The molecular weight excluding hydrogens is 239 g/mol. The lowest BCUT2D eigenvalue weighted by atomic mass is 9.68. The summed E-state index contributed by atoms with van der Waals surface area (Å²) in [6.07, 6.45) is 0.582. The van der Waals surface area contributed by atoms with Crippen molar-refractivity contribution in [2.45, 2.75) is 18.2 Å². The first-order chi connectivity index (χ1) is 8.45. The number of hydrogen-bond donors (Lipinski definition) is 2. The van der Waals surface area contributed by atoms with Gasteiger partial charge >= 0.3 is 6.75 Å². The fraction of sp³-hybridized carbons (Fsp3) is 0.364. The Balaban J connectivity index is 2.20. The van der Waals surface area contributed by atoms with Crippen LogP contribution in [0.5, 0.6) is 11.5 Å². The van der Waals surface area contributed by atoms with Gasteiger partial charge in [0, 0.05) is 0 Å². The molecule has 1 heterocycles. The van der Waals surface area contributed by atoms with E-state index in [0.717, 1.165) is 0 Å². The molecule has 2 atom stereocenters. The van der Waals surface area contributed by atoms with E-state index in [1.165, 1.54) is 13.2 Å². The number of rotatable bonds is 2. The second kappa shape index (κ2) is 3.40. The first-order valence-corrected chi connectivity index (χ1v) is 5.66. The molecule has 0 aromatic heterocycles. The molecule has 6 nitrogen and oxygen atoms in total. The van der Waals surface area contributed by atoms with E-state index in [2.05, 4.69) is 0 Å². The minimum absolute atomic E-state index is 0.0434. The summed E-state index contributed by atoms with van der Waals surface area (Å²) in [5.74, 6) is -1.83. The van der Waals surface area contributed by atoms with Crippen molar-refractivity contribution in [2.75, 3.05) is 7.11 Å². The van der Waals surface area contributed by atoms with Crippen LogP contribution in [0.25, 0.3) is 0 Å². The van der Waals surface area contributed by atoms with Gasteiger partial charge in [-0.05, 0) is 17.5 Å². The van der Waals surface area contributed by atoms with Gasteiger partial charge < -0.3 is 29.3 Å². The zero-order valence-corrected chi connectivity index (χ0v) is 9.62. The maximum Gasteiger partial charge on any atom is 0.434 e. The van der Waals surface area contributed by atoms with Crippen LogP contribution >= 0.6 is 0 Å². The van der Waals surface area contributed by atoms with Gasteiger partial charge in [-0.2, -0.15) is 0 Å². The molecule has 1 aliphatic heterocycles. The zero-order valence-electron chi connectivity index (χ0n) is 9.62. The van der Waals surface area contributed by atoms with Gasteiger partial charge in [0.15, 0.2) is 0 Å². The second-order valence-corrected chi connectivity index (χ2v) is 4.73. The summed E-state index contributed by atoms with van der Waals surface area (Å²) in [6.45, 7) is -3.00. The van der Waals surface area contributed by atoms with Crippen molar-refractivity contribution in [3.8, 4) is 11.5 Å². The molecule has 0 radical (unpaired) electrons. The highest BCUT2D eigenvalue weighted by molar-refractivity contribution is 6.62. The summed E-state index contributed by atoms with van der Waals surface area (Å²) >= 11 is 0. The molecule has 1 aromatic rings. The molecule has 3 rings (SSSR count). The Bertz CT molecular complexity index is 541. The Labute approximate surface area is 103 Å². The van der Waals surface area contributed by atoms with E-state index in [9.17, 15) is 19.9 Å². The van der Waals surface area contributed by atoms with Crippen molar-refractivity contribution in [1.29, 1.82) is 0 Å². The molecule has 1 saturated carbocycles. The SMILES string of the molecule is COc1ccc2c(c1C(=O)[O-])O[B-](O)(O)C1CC21. The van der Waals surface area contributed by atoms with E-state index < -0.39 is 12.7 Å². The molecule has 1 aromatic carbocycles. The summed E-state index contributed by atoms with van der Waals surface area (Å²) in [6, 6.07) is 3.22. The third-order valence-corrected chi connectivity index (χ3v) is 3.66. The van der Waals surface area contributed by atoms with Gasteiger partial charge in [-0.1, -0.05) is 18.3 Å². The molecule has 2 unspecified atom stereocenters. The Morgan fingerprint density at radius 1 is 1.56 bits per heavy atom. The van der Waals surface area contributed by atoms with E-state index in [1.807, 2.05) is 0 Å². The summed E-state index contributed by atoms with van der Waals surface area (Å²) in [5.41, 5.74) is 0.398. The van der Waals surface area contributed by atoms with Crippen LogP contribution in [-0.4, -0.2) is 29.9 Å². The van der Waals surface area contributed by atoms with Crippen LogP contribution in [0.15, 0.2) is 12.1 Å². The first-order valence-electron chi connectivity index (χ1n) is 5.66. The first kappa shape index (κ1) is 11.4. The monoisotopic (exact) mass is 250 g/mol. The maximum atomic E-state index is 11.2. The topological polar surface area (TPSA) is 99.1 Å². The van der Waals surface area contributed by atoms with E-state index in [4.69, 9.17) is 9.39 Å². The van der Waals surface area contributed by atoms with Gasteiger partial charge in [-0.3, -0.25) is 0 Å². The van der Waals surface area contributed by atoms with E-state index in [1.54, 1.807) is 6.07 Å². The molecule has 1 fully saturated rings. The van der Waals surface area contributed by atoms with Crippen molar-refractivity contribution >= 4 is 12.7 Å². The number of aromatic carboxylic acids is 1. The quantitative estimate of drug-likeness (QED) is 0.669. The number of carboxylic acid groups (broad SMARTS) is 1. The van der Waals surface area contributed by atoms with Crippen molar-refractivity contribution in [1.82, 2.24) is 0 Å². The molecule has 0 spiro atoms. The number of hydrogen-bond acceptors (Lipinski definition) is 6. The normalized spacial score (nSPS) is 26.6. The number of carbonyl (C=O) groups is 1. The van der Waals surface area contributed by atoms with Gasteiger partial charge in [0.05, 0.1) is 24.4 Å². The van der Waals surface area contributed by atoms with Crippen LogP contribution in [0, 0.1) is 0 Å². The van der Waals surface area contributed by atoms with Crippen molar-refractivity contribution in [2.24, 2.45) is 0 Å². The Hall–Kier alpha value is -1.73. The van der Waals surface area contributed by atoms with Crippen LogP contribution < -0.4 is 14.5 Å². The third kappa shape index (κ3) is 1.41. The average Bonchev–Trinajstić information content (AvgIpc) is 3.07. The molecule has 7 heteroatoms. The van der Waals surface area contributed by atoms with Gasteiger partial charge in [-0.15, -0.1) is 0 Å². The fourth-order valence-corrected chi connectivity index (χ4v) is 2.68. The predicted octanol–water partition coefficient (Wildman–Crippen LogP) is -0.768. The third-order valence-electron chi connectivity index (χ3n) is 3.66. The van der Waals surface area contributed by atoms with E-state index in [-0.39, 0.29) is 28.8 Å². The minimum atomic E-state index is -3.00. The molecule has 96 valence electrons. The highest BCUT2D eigenvalue weighted by Gasteiger charge is 2.55. The molecular formula is C11H11BO6-2. The van der Waals surface area contributed by atoms with Gasteiger partial charge in [0.2, 0.25) is 0 Å². The Morgan fingerprint density at radius 3 is 2.89 bits per heavy atom. The lowest BCUT2D eigenvalue weighted by molar-refractivity contribution is -0.255. The second-order valence-electron chi connectivity index (χ2n) is 4.73. The molecule has 0 bridgehead atoms. The van der Waals surface area contributed by atoms with Crippen molar-refractivity contribution < 1.29 is 29.3 Å². The number of carboxylic acids is 1. The van der Waals surface area contributed by atoms with Crippen LogP contribution in [0.2, 0.25) is 5.82 Å². The molecule has 2 aliphatic rings. The summed E-state index contributed by atoms with van der Waals surface area (Å²) in [4.78, 5) is 11.2. The fourth-order valence-electron chi connectivity index (χ4n) is 2.68. The highest BCUT2D eigenvalue weighted by Crippen LogP contribution is 2.63. The van der Waals surface area contributed by atoms with E-state index >= 15 is 0 Å². The maximum absolute atomic E-state index is 11.2. The number of benzene rings is 1. The van der Waals surface area contributed by atoms with Crippen LogP contribution in [0.4, 0.5) is 0 Å². The molecule has 2 N–H and O–H groups in total. The standard InChI is InChI=1S/C11H12BO6/c1-17-8-3-2-5-6-4-7(6)12(15,16)18-10(5)9(8)11(13)14/h2-3,6-7,15-16H,4H2,1H3,(H,13,14)/q-1/p-1. The average molecular weight is 250 g/mol. The highest BCUT2D eigenvalue weighted by atomic mass is 16.6. The molecule has 1 aliphatic carbocycles. The van der Waals surface area contributed by atoms with Gasteiger partial charge in [0.25, 0.3) is 0 Å².